The van der Waals surface area contributed by atoms with Crippen LogP contribution in [0.3, 0.4) is 0 Å². The van der Waals surface area contributed by atoms with Gasteiger partial charge in [0.1, 0.15) is 0 Å². The molecule has 1 aromatic carbocycles. The van der Waals surface area contributed by atoms with E-state index < -0.39 is 12.0 Å². The summed E-state index contributed by atoms with van der Waals surface area (Å²) in [6, 6.07) is 6.24. The van der Waals surface area contributed by atoms with Crippen molar-refractivity contribution in [3.8, 4) is 0 Å². The van der Waals surface area contributed by atoms with Gasteiger partial charge in [-0.1, -0.05) is 31.2 Å². The zero-order chi connectivity index (χ0) is 14.0. The molecular formula is C14H15NO3S. The maximum absolute atomic E-state index is 12.2. The van der Waals surface area contributed by atoms with Gasteiger partial charge in [0, 0.05) is 17.9 Å². The Morgan fingerprint density at radius 1 is 1.42 bits per heavy atom. The van der Waals surface area contributed by atoms with E-state index >= 15 is 0 Å². The largest absolute Gasteiger partial charge is 0.479 e. The molecule has 19 heavy (non-hydrogen) atoms. The predicted molar refractivity (Wildman–Crippen MR) is 75.7 cm³/mol. The van der Waals surface area contributed by atoms with E-state index in [0.717, 1.165) is 5.56 Å². The van der Waals surface area contributed by atoms with E-state index in [2.05, 4.69) is 12.6 Å². The molecule has 1 heterocycles. The Labute approximate surface area is 117 Å². The quantitative estimate of drug-likeness (QED) is 0.833. The first kappa shape index (κ1) is 13.7. The van der Waals surface area contributed by atoms with Crippen molar-refractivity contribution < 1.29 is 14.7 Å². The highest BCUT2D eigenvalue weighted by atomic mass is 32.1. The molecule has 0 fully saturated rings. The minimum atomic E-state index is -1.03. The molecule has 0 aliphatic carbocycles. The molecule has 1 amide bonds. The lowest BCUT2D eigenvalue weighted by Gasteiger charge is -2.31. The predicted octanol–water partition coefficient (Wildman–Crippen LogP) is 2.19. The number of amides is 1. The first-order valence-electron chi connectivity index (χ1n) is 5.99. The number of fused-ring (bicyclic) bond motifs is 1. The van der Waals surface area contributed by atoms with Crippen LogP contribution in [0, 0.1) is 5.92 Å². The summed E-state index contributed by atoms with van der Waals surface area (Å²) < 4.78 is 0. The molecule has 100 valence electrons. The fourth-order valence-electron chi connectivity index (χ4n) is 2.09. The first-order chi connectivity index (χ1) is 9.06. The standard InChI is InChI=1S/C14H15NO3S/c1-9(8-19)13(16)15-7-6-10-4-2-3-5-11(10)12(15)14(17)18/h2-7,9,12,19H,8H2,1H3,(H,17,18)/t9-,12-/m1/s1. The van der Waals surface area contributed by atoms with Crippen molar-refractivity contribution in [3.63, 3.8) is 0 Å². The number of hydrogen-bond donors (Lipinski definition) is 2. The Morgan fingerprint density at radius 2 is 2.11 bits per heavy atom. The second kappa shape index (κ2) is 5.48. The first-order valence-corrected chi connectivity index (χ1v) is 6.62. The van der Waals surface area contributed by atoms with E-state index in [0.29, 0.717) is 11.3 Å². The molecule has 1 aliphatic heterocycles. The zero-order valence-electron chi connectivity index (χ0n) is 10.5. The van der Waals surface area contributed by atoms with Gasteiger partial charge < -0.3 is 10.0 Å². The number of thiol groups is 1. The molecule has 4 nitrogen and oxygen atoms in total. The fourth-order valence-corrected chi connectivity index (χ4v) is 2.25. The fraction of sp³-hybridized carbons (Fsp3) is 0.286. The Hall–Kier alpha value is -1.75. The lowest BCUT2D eigenvalue weighted by Crippen LogP contribution is -2.40. The summed E-state index contributed by atoms with van der Waals surface area (Å²) in [7, 11) is 0. The molecular weight excluding hydrogens is 262 g/mol. The normalized spacial score (nSPS) is 18.8. The second-order valence-electron chi connectivity index (χ2n) is 4.51. The molecule has 5 heteroatoms. The number of hydrogen-bond acceptors (Lipinski definition) is 3. The smallest absolute Gasteiger partial charge is 0.331 e. The Kier molecular flexibility index (Phi) is 3.95. The molecule has 0 unspecified atom stereocenters. The second-order valence-corrected chi connectivity index (χ2v) is 4.88. The highest BCUT2D eigenvalue weighted by Gasteiger charge is 2.34. The van der Waals surface area contributed by atoms with Gasteiger partial charge in [0.05, 0.1) is 0 Å². The number of rotatable bonds is 3. The molecule has 1 N–H and O–H groups in total. The van der Waals surface area contributed by atoms with Gasteiger partial charge in [-0.3, -0.25) is 4.79 Å². The molecule has 1 aliphatic rings. The molecule has 0 spiro atoms. The molecule has 1 aromatic rings. The number of carboxylic acid groups (broad SMARTS) is 1. The Balaban J connectivity index is 2.43. The summed E-state index contributed by atoms with van der Waals surface area (Å²) in [5.74, 6) is -1.19. The lowest BCUT2D eigenvalue weighted by molar-refractivity contribution is -0.149. The van der Waals surface area contributed by atoms with Crippen molar-refractivity contribution in [2.75, 3.05) is 5.75 Å². The average Bonchev–Trinajstić information content (AvgIpc) is 2.44. The zero-order valence-corrected chi connectivity index (χ0v) is 11.4. The van der Waals surface area contributed by atoms with Crippen molar-refractivity contribution in [1.82, 2.24) is 4.90 Å². The van der Waals surface area contributed by atoms with Gasteiger partial charge in [-0.25, -0.2) is 4.79 Å². The van der Waals surface area contributed by atoms with Crippen LogP contribution in [0.2, 0.25) is 0 Å². The molecule has 2 rings (SSSR count). The molecule has 0 saturated heterocycles. The van der Waals surface area contributed by atoms with E-state index in [-0.39, 0.29) is 11.8 Å². The topological polar surface area (TPSA) is 57.6 Å². The Bertz CT molecular complexity index is 541. The number of carboxylic acids is 1. The van der Waals surface area contributed by atoms with Crippen molar-refractivity contribution in [2.45, 2.75) is 13.0 Å². The highest BCUT2D eigenvalue weighted by Crippen LogP contribution is 2.31. The molecule has 2 atom stereocenters. The van der Waals surface area contributed by atoms with Crippen LogP contribution in [0.4, 0.5) is 0 Å². The van der Waals surface area contributed by atoms with Crippen LogP contribution in [0.15, 0.2) is 30.5 Å². The van der Waals surface area contributed by atoms with Gasteiger partial charge in [0.25, 0.3) is 0 Å². The third kappa shape index (κ3) is 2.51. The number of carbonyl (C=O) groups is 2. The van der Waals surface area contributed by atoms with E-state index in [1.165, 1.54) is 4.90 Å². The monoisotopic (exact) mass is 277 g/mol. The van der Waals surface area contributed by atoms with Crippen LogP contribution >= 0.6 is 12.6 Å². The third-order valence-corrected chi connectivity index (χ3v) is 3.72. The molecule has 0 aromatic heterocycles. The summed E-state index contributed by atoms with van der Waals surface area (Å²) in [5.41, 5.74) is 1.47. The van der Waals surface area contributed by atoms with Gasteiger partial charge in [-0.15, -0.1) is 0 Å². The van der Waals surface area contributed by atoms with Gasteiger partial charge >= 0.3 is 5.97 Å². The van der Waals surface area contributed by atoms with Crippen LogP contribution in [-0.2, 0) is 9.59 Å². The third-order valence-electron chi connectivity index (χ3n) is 3.17. The highest BCUT2D eigenvalue weighted by molar-refractivity contribution is 7.80. The number of aliphatic carboxylic acids is 1. The number of nitrogens with zero attached hydrogens (tertiary/aromatic N) is 1. The summed E-state index contributed by atoms with van der Waals surface area (Å²) in [5, 5.41) is 9.41. The van der Waals surface area contributed by atoms with Gasteiger partial charge in [-0.2, -0.15) is 12.6 Å². The average molecular weight is 277 g/mol. The van der Waals surface area contributed by atoms with E-state index in [9.17, 15) is 14.7 Å². The van der Waals surface area contributed by atoms with Gasteiger partial charge in [0.2, 0.25) is 5.91 Å². The van der Waals surface area contributed by atoms with Crippen molar-refractivity contribution in [1.29, 1.82) is 0 Å². The van der Waals surface area contributed by atoms with Crippen LogP contribution in [-0.4, -0.2) is 27.6 Å². The minimum absolute atomic E-state index is 0.229. The van der Waals surface area contributed by atoms with E-state index in [1.54, 1.807) is 31.3 Å². The van der Waals surface area contributed by atoms with E-state index in [4.69, 9.17) is 0 Å². The SMILES string of the molecule is C[C@H](CS)C(=O)N1C=Cc2ccccc2[C@@H]1C(=O)O. The minimum Gasteiger partial charge on any atom is -0.479 e. The van der Waals surface area contributed by atoms with Crippen molar-refractivity contribution in [2.24, 2.45) is 5.92 Å². The van der Waals surface area contributed by atoms with Crippen LogP contribution in [0.1, 0.15) is 24.1 Å². The Morgan fingerprint density at radius 3 is 2.74 bits per heavy atom. The van der Waals surface area contributed by atoms with Crippen LogP contribution < -0.4 is 0 Å². The molecule has 0 saturated carbocycles. The van der Waals surface area contributed by atoms with Gasteiger partial charge in [0.15, 0.2) is 6.04 Å². The maximum atomic E-state index is 12.2. The van der Waals surface area contributed by atoms with E-state index in [1.807, 2.05) is 12.1 Å². The summed E-state index contributed by atoms with van der Waals surface area (Å²) >= 11 is 4.09. The van der Waals surface area contributed by atoms with Crippen molar-refractivity contribution >= 4 is 30.6 Å². The maximum Gasteiger partial charge on any atom is 0.331 e. The summed E-state index contributed by atoms with van der Waals surface area (Å²) in [4.78, 5) is 25.0. The van der Waals surface area contributed by atoms with Crippen molar-refractivity contribution in [3.05, 3.63) is 41.6 Å². The van der Waals surface area contributed by atoms with Crippen LogP contribution in [0.25, 0.3) is 6.08 Å². The summed E-state index contributed by atoms with van der Waals surface area (Å²) in [6.07, 6.45) is 3.31. The number of carbonyl (C=O) groups excluding carboxylic acids is 1. The lowest BCUT2D eigenvalue weighted by atomic mass is 9.95. The molecule has 0 radical (unpaired) electrons. The van der Waals surface area contributed by atoms with Gasteiger partial charge in [-0.05, 0) is 17.2 Å². The van der Waals surface area contributed by atoms with Crippen LogP contribution in [0.5, 0.6) is 0 Å². The molecule has 0 bridgehead atoms. The number of benzene rings is 1. The summed E-state index contributed by atoms with van der Waals surface area (Å²) in [6.45, 7) is 1.74.